The molecule has 0 unspecified atom stereocenters. The zero-order valence-corrected chi connectivity index (χ0v) is 8.35. The van der Waals surface area contributed by atoms with Crippen LogP contribution in [0.5, 0.6) is 0 Å². The van der Waals surface area contributed by atoms with Gasteiger partial charge in [0.2, 0.25) is 0 Å². The third kappa shape index (κ3) is 1.61. The molecular weight excluding hydrogens is 196 g/mol. The molecule has 2 rings (SSSR count). The average molecular weight is 206 g/mol. The Balaban J connectivity index is 2.45. The van der Waals surface area contributed by atoms with E-state index in [9.17, 15) is 4.79 Å². The number of H-pyrrole nitrogens is 1. The van der Waals surface area contributed by atoms with Crippen molar-refractivity contribution in [2.24, 2.45) is 7.05 Å². The van der Waals surface area contributed by atoms with Crippen LogP contribution < -0.4 is 0 Å². The first-order valence-corrected chi connectivity index (χ1v) is 4.37. The van der Waals surface area contributed by atoms with Gasteiger partial charge in [-0.05, 0) is 13.0 Å². The molecule has 2 heterocycles. The summed E-state index contributed by atoms with van der Waals surface area (Å²) in [5, 5.41) is 19.2. The second kappa shape index (κ2) is 3.23. The molecule has 78 valence electrons. The highest BCUT2D eigenvalue weighted by Gasteiger charge is 2.12. The first kappa shape index (κ1) is 9.45. The minimum Gasteiger partial charge on any atom is -0.477 e. The second-order valence-corrected chi connectivity index (χ2v) is 3.27. The van der Waals surface area contributed by atoms with Crippen molar-refractivity contribution in [2.75, 3.05) is 0 Å². The van der Waals surface area contributed by atoms with Gasteiger partial charge in [-0.1, -0.05) is 0 Å². The number of rotatable bonds is 2. The number of hydrogen-bond acceptors (Lipinski definition) is 3. The summed E-state index contributed by atoms with van der Waals surface area (Å²) in [7, 11) is 1.79. The first-order valence-electron chi connectivity index (χ1n) is 4.37. The molecular formula is C9H10N4O2. The van der Waals surface area contributed by atoms with E-state index in [0.29, 0.717) is 5.69 Å². The molecule has 0 saturated heterocycles. The van der Waals surface area contributed by atoms with Crippen LogP contribution in [0.2, 0.25) is 0 Å². The third-order valence-electron chi connectivity index (χ3n) is 2.07. The average Bonchev–Trinajstić information content (AvgIpc) is 2.71. The Bertz CT molecular complexity index is 512. The van der Waals surface area contributed by atoms with E-state index < -0.39 is 5.97 Å². The highest BCUT2D eigenvalue weighted by atomic mass is 16.4. The molecule has 0 atom stereocenters. The van der Waals surface area contributed by atoms with Crippen LogP contribution in [-0.4, -0.2) is 31.1 Å². The predicted octanol–water partition coefficient (Wildman–Crippen LogP) is 0.817. The van der Waals surface area contributed by atoms with Gasteiger partial charge in [0.25, 0.3) is 0 Å². The molecule has 2 aromatic heterocycles. The molecule has 15 heavy (non-hydrogen) atoms. The number of carboxylic acids is 1. The number of hydrogen-bond donors (Lipinski definition) is 2. The SMILES string of the molecule is Cc1cc(-c2cc(C(=O)O)[nH]n2)n(C)n1. The summed E-state index contributed by atoms with van der Waals surface area (Å²) in [6.07, 6.45) is 0. The van der Waals surface area contributed by atoms with E-state index >= 15 is 0 Å². The smallest absolute Gasteiger partial charge is 0.353 e. The molecule has 0 spiro atoms. The molecule has 0 radical (unpaired) electrons. The van der Waals surface area contributed by atoms with Crippen molar-refractivity contribution in [1.82, 2.24) is 20.0 Å². The minimum atomic E-state index is -1.02. The molecule has 0 aromatic carbocycles. The van der Waals surface area contributed by atoms with Gasteiger partial charge < -0.3 is 5.11 Å². The zero-order valence-electron chi connectivity index (χ0n) is 8.35. The zero-order chi connectivity index (χ0) is 11.0. The monoisotopic (exact) mass is 206 g/mol. The summed E-state index contributed by atoms with van der Waals surface area (Å²) >= 11 is 0. The van der Waals surface area contributed by atoms with Gasteiger partial charge in [-0.2, -0.15) is 10.2 Å². The van der Waals surface area contributed by atoms with Crippen LogP contribution in [0.15, 0.2) is 12.1 Å². The number of carbonyl (C=O) groups is 1. The minimum absolute atomic E-state index is 0.0730. The lowest BCUT2D eigenvalue weighted by atomic mass is 10.2. The van der Waals surface area contributed by atoms with E-state index in [1.165, 1.54) is 6.07 Å². The van der Waals surface area contributed by atoms with Crippen LogP contribution in [0.1, 0.15) is 16.2 Å². The van der Waals surface area contributed by atoms with Gasteiger partial charge in [-0.25, -0.2) is 4.79 Å². The van der Waals surface area contributed by atoms with Gasteiger partial charge >= 0.3 is 5.97 Å². The summed E-state index contributed by atoms with van der Waals surface area (Å²) in [6.45, 7) is 1.87. The number of nitrogens with one attached hydrogen (secondary N) is 1. The Morgan fingerprint density at radius 2 is 2.27 bits per heavy atom. The van der Waals surface area contributed by atoms with Gasteiger partial charge in [-0.3, -0.25) is 9.78 Å². The maximum atomic E-state index is 10.6. The number of aromatic carboxylic acids is 1. The summed E-state index contributed by atoms with van der Waals surface area (Å²) in [4.78, 5) is 10.6. The fraction of sp³-hybridized carbons (Fsp3) is 0.222. The summed E-state index contributed by atoms with van der Waals surface area (Å²) < 4.78 is 1.66. The number of aromatic nitrogens is 4. The number of aromatic amines is 1. The lowest BCUT2D eigenvalue weighted by Gasteiger charge is -1.94. The fourth-order valence-electron chi connectivity index (χ4n) is 1.41. The fourth-order valence-corrected chi connectivity index (χ4v) is 1.41. The maximum Gasteiger partial charge on any atom is 0.353 e. The Morgan fingerprint density at radius 1 is 1.53 bits per heavy atom. The van der Waals surface area contributed by atoms with Gasteiger partial charge in [0.1, 0.15) is 11.4 Å². The molecule has 2 aromatic rings. The Hall–Kier alpha value is -2.11. The molecule has 0 amide bonds. The molecule has 0 aliphatic carbocycles. The standard InChI is InChI=1S/C9H10N4O2/c1-5-3-8(13(2)12-5)6-4-7(9(14)15)11-10-6/h3-4H,1-2H3,(H,10,11)(H,14,15). The maximum absolute atomic E-state index is 10.6. The number of aryl methyl sites for hydroxylation is 2. The summed E-state index contributed by atoms with van der Waals surface area (Å²) in [5.74, 6) is -1.02. The van der Waals surface area contributed by atoms with Crippen molar-refractivity contribution in [3.05, 3.63) is 23.5 Å². The Morgan fingerprint density at radius 3 is 2.73 bits per heavy atom. The molecule has 2 N–H and O–H groups in total. The van der Waals surface area contributed by atoms with Crippen molar-refractivity contribution < 1.29 is 9.90 Å². The van der Waals surface area contributed by atoms with Crippen LogP contribution in [0.25, 0.3) is 11.4 Å². The normalized spacial score (nSPS) is 10.5. The highest BCUT2D eigenvalue weighted by molar-refractivity contribution is 5.86. The molecule has 0 bridgehead atoms. The van der Waals surface area contributed by atoms with E-state index in [2.05, 4.69) is 15.3 Å². The number of nitrogens with zero attached hydrogens (tertiary/aromatic N) is 3. The van der Waals surface area contributed by atoms with Crippen LogP contribution in [0.4, 0.5) is 0 Å². The summed E-state index contributed by atoms with van der Waals surface area (Å²) in [5.41, 5.74) is 2.31. The molecule has 0 fully saturated rings. The van der Waals surface area contributed by atoms with E-state index in [0.717, 1.165) is 11.4 Å². The summed E-state index contributed by atoms with van der Waals surface area (Å²) in [6, 6.07) is 3.33. The second-order valence-electron chi connectivity index (χ2n) is 3.27. The van der Waals surface area contributed by atoms with E-state index in [1.807, 2.05) is 13.0 Å². The van der Waals surface area contributed by atoms with Gasteiger partial charge in [0.05, 0.1) is 11.4 Å². The van der Waals surface area contributed by atoms with Crippen molar-refractivity contribution >= 4 is 5.97 Å². The van der Waals surface area contributed by atoms with Gasteiger partial charge in [-0.15, -0.1) is 0 Å². The lowest BCUT2D eigenvalue weighted by Crippen LogP contribution is -1.95. The van der Waals surface area contributed by atoms with Gasteiger partial charge in [0, 0.05) is 13.1 Å². The molecule has 6 heteroatoms. The first-order chi connectivity index (χ1) is 7.08. The van der Waals surface area contributed by atoms with E-state index in [4.69, 9.17) is 5.11 Å². The Labute approximate surface area is 85.5 Å². The Kier molecular flexibility index (Phi) is 2.03. The molecule has 6 nitrogen and oxygen atoms in total. The molecule has 0 aliphatic heterocycles. The quantitative estimate of drug-likeness (QED) is 0.761. The van der Waals surface area contributed by atoms with Crippen molar-refractivity contribution in [3.63, 3.8) is 0 Å². The molecule has 0 aliphatic rings. The predicted molar refractivity (Wildman–Crippen MR) is 52.5 cm³/mol. The largest absolute Gasteiger partial charge is 0.477 e. The van der Waals surface area contributed by atoms with Crippen LogP contribution >= 0.6 is 0 Å². The number of carboxylic acid groups (broad SMARTS) is 1. The van der Waals surface area contributed by atoms with Crippen LogP contribution in [-0.2, 0) is 7.05 Å². The van der Waals surface area contributed by atoms with Crippen molar-refractivity contribution in [1.29, 1.82) is 0 Å². The molecule has 0 saturated carbocycles. The highest BCUT2D eigenvalue weighted by Crippen LogP contribution is 2.17. The third-order valence-corrected chi connectivity index (χ3v) is 2.07. The lowest BCUT2D eigenvalue weighted by molar-refractivity contribution is 0.0690. The van der Waals surface area contributed by atoms with Crippen LogP contribution in [0.3, 0.4) is 0 Å². The van der Waals surface area contributed by atoms with Crippen molar-refractivity contribution in [3.8, 4) is 11.4 Å². The topological polar surface area (TPSA) is 83.8 Å². The van der Waals surface area contributed by atoms with E-state index in [-0.39, 0.29) is 5.69 Å². The van der Waals surface area contributed by atoms with Gasteiger partial charge in [0.15, 0.2) is 0 Å². The van der Waals surface area contributed by atoms with E-state index in [1.54, 1.807) is 11.7 Å². The van der Waals surface area contributed by atoms with Crippen molar-refractivity contribution in [2.45, 2.75) is 6.92 Å². The van der Waals surface area contributed by atoms with Crippen LogP contribution in [0, 0.1) is 6.92 Å².